The zero-order valence-electron chi connectivity index (χ0n) is 4.66. The highest BCUT2D eigenvalue weighted by molar-refractivity contribution is 7.93. The third-order valence-corrected chi connectivity index (χ3v) is 1.17. The van der Waals surface area contributed by atoms with Gasteiger partial charge >= 0.3 is 0 Å². The highest BCUT2D eigenvalue weighted by Crippen LogP contribution is 1.81. The molecule has 0 aliphatic carbocycles. The first-order valence-electron chi connectivity index (χ1n) is 2.13. The second-order valence-electron chi connectivity index (χ2n) is 1.44. The van der Waals surface area contributed by atoms with Gasteiger partial charge in [-0.05, 0) is 0 Å². The van der Waals surface area contributed by atoms with Gasteiger partial charge in [-0.25, -0.2) is 8.42 Å². The Balaban J connectivity index is 3.92. The molecule has 8 heavy (non-hydrogen) atoms. The molecule has 2 N–H and O–H groups in total. The average molecular weight is 135 g/mol. The Morgan fingerprint density at radius 3 is 2.25 bits per heavy atom. The van der Waals surface area contributed by atoms with Crippen LogP contribution >= 0.6 is 0 Å². The van der Waals surface area contributed by atoms with Gasteiger partial charge in [0.05, 0.1) is 0 Å². The second kappa shape index (κ2) is 2.84. The van der Waals surface area contributed by atoms with Crippen molar-refractivity contribution in [3.63, 3.8) is 0 Å². The van der Waals surface area contributed by atoms with Crippen molar-refractivity contribution in [2.75, 3.05) is 12.8 Å². The van der Waals surface area contributed by atoms with Crippen LogP contribution in [0.1, 0.15) is 0 Å². The Bertz CT molecular complexity index is 168. The Morgan fingerprint density at radius 1 is 1.62 bits per heavy atom. The van der Waals surface area contributed by atoms with Crippen LogP contribution in [0.4, 0.5) is 0 Å². The van der Waals surface area contributed by atoms with E-state index in [0.717, 1.165) is 11.7 Å². The highest BCUT2D eigenvalue weighted by Gasteiger charge is 1.88. The predicted molar refractivity (Wildman–Crippen MR) is 33.0 cm³/mol. The Morgan fingerprint density at radius 2 is 2.12 bits per heavy atom. The lowest BCUT2D eigenvalue weighted by atomic mass is 10.7. The van der Waals surface area contributed by atoms with Crippen molar-refractivity contribution in [2.24, 2.45) is 5.73 Å². The van der Waals surface area contributed by atoms with Crippen LogP contribution in [0.15, 0.2) is 11.5 Å². The zero-order valence-corrected chi connectivity index (χ0v) is 5.48. The summed E-state index contributed by atoms with van der Waals surface area (Å²) in [6.45, 7) is 0.271. The summed E-state index contributed by atoms with van der Waals surface area (Å²) in [6.07, 6.45) is 2.52. The molecule has 0 aromatic heterocycles. The molecule has 0 saturated heterocycles. The van der Waals surface area contributed by atoms with Crippen LogP contribution in [-0.2, 0) is 9.84 Å². The van der Waals surface area contributed by atoms with Gasteiger partial charge in [0, 0.05) is 18.2 Å². The Hall–Kier alpha value is -0.350. The molecule has 0 aliphatic heterocycles. The largest absolute Gasteiger partial charge is 0.327 e. The minimum atomic E-state index is -2.95. The normalized spacial score (nSPS) is 12.8. The van der Waals surface area contributed by atoms with Crippen LogP contribution in [0.3, 0.4) is 0 Å². The first kappa shape index (κ1) is 7.65. The van der Waals surface area contributed by atoms with E-state index in [1.165, 1.54) is 6.08 Å². The lowest BCUT2D eigenvalue weighted by Gasteiger charge is -1.80. The van der Waals surface area contributed by atoms with Crippen LogP contribution in [0.2, 0.25) is 0 Å². The summed E-state index contributed by atoms with van der Waals surface area (Å²) in [7, 11) is -2.95. The Kier molecular flexibility index (Phi) is 2.71. The van der Waals surface area contributed by atoms with Crippen LogP contribution in [0, 0.1) is 0 Å². The maximum atomic E-state index is 10.2. The summed E-state index contributed by atoms with van der Waals surface area (Å²) in [5.74, 6) is 0. The molecule has 0 saturated carbocycles. The molecule has 0 aliphatic rings. The number of sulfone groups is 1. The molecule has 0 aromatic rings. The SMILES string of the molecule is CS(=O)(=O)/C=C/CN. The summed E-state index contributed by atoms with van der Waals surface area (Å²) in [5.41, 5.74) is 4.98. The van der Waals surface area contributed by atoms with Crippen molar-refractivity contribution in [2.45, 2.75) is 0 Å². The van der Waals surface area contributed by atoms with E-state index in [9.17, 15) is 8.42 Å². The molecular weight excluding hydrogens is 126 g/mol. The van der Waals surface area contributed by atoms with Gasteiger partial charge in [0.2, 0.25) is 0 Å². The fraction of sp³-hybridized carbons (Fsp3) is 0.500. The van der Waals surface area contributed by atoms with E-state index < -0.39 is 9.84 Å². The molecule has 4 heteroatoms. The molecule has 0 rings (SSSR count). The number of rotatable bonds is 2. The van der Waals surface area contributed by atoms with Gasteiger partial charge in [-0.2, -0.15) is 0 Å². The Labute approximate surface area is 49.1 Å². The maximum Gasteiger partial charge on any atom is 0.168 e. The molecule has 0 bridgehead atoms. The van der Waals surface area contributed by atoms with E-state index in [4.69, 9.17) is 5.73 Å². The highest BCUT2D eigenvalue weighted by atomic mass is 32.2. The maximum absolute atomic E-state index is 10.2. The van der Waals surface area contributed by atoms with Crippen molar-refractivity contribution in [1.29, 1.82) is 0 Å². The van der Waals surface area contributed by atoms with E-state index in [1.54, 1.807) is 0 Å². The van der Waals surface area contributed by atoms with Crippen LogP contribution < -0.4 is 5.73 Å². The van der Waals surface area contributed by atoms with Gasteiger partial charge in [-0.1, -0.05) is 6.08 Å². The van der Waals surface area contributed by atoms with Gasteiger partial charge in [-0.15, -0.1) is 0 Å². The summed E-state index contributed by atoms with van der Waals surface area (Å²) in [5, 5.41) is 1.09. The van der Waals surface area contributed by atoms with Crippen molar-refractivity contribution < 1.29 is 8.42 Å². The van der Waals surface area contributed by atoms with E-state index >= 15 is 0 Å². The lowest BCUT2D eigenvalue weighted by Crippen LogP contribution is -1.95. The minimum absolute atomic E-state index is 0.271. The van der Waals surface area contributed by atoms with E-state index in [2.05, 4.69) is 0 Å². The fourth-order valence-electron chi connectivity index (χ4n) is 0.230. The van der Waals surface area contributed by atoms with Crippen LogP contribution in [-0.4, -0.2) is 21.2 Å². The fourth-order valence-corrected chi connectivity index (χ4v) is 0.691. The molecule has 0 aromatic carbocycles. The predicted octanol–water partition coefficient (Wildman–Crippen LogP) is -0.497. The zero-order chi connectivity index (χ0) is 6.62. The van der Waals surface area contributed by atoms with Gasteiger partial charge < -0.3 is 5.73 Å². The second-order valence-corrected chi connectivity index (χ2v) is 3.37. The number of hydrogen-bond acceptors (Lipinski definition) is 3. The van der Waals surface area contributed by atoms with Crippen LogP contribution in [0.5, 0.6) is 0 Å². The van der Waals surface area contributed by atoms with Gasteiger partial charge in [-0.3, -0.25) is 0 Å². The average Bonchev–Trinajstić information content (AvgIpc) is 1.59. The quantitative estimate of drug-likeness (QED) is 0.555. The molecule has 0 fully saturated rings. The van der Waals surface area contributed by atoms with E-state index in [1.807, 2.05) is 0 Å². The van der Waals surface area contributed by atoms with Gasteiger partial charge in [0.25, 0.3) is 0 Å². The van der Waals surface area contributed by atoms with Crippen molar-refractivity contribution in [1.82, 2.24) is 0 Å². The van der Waals surface area contributed by atoms with Crippen molar-refractivity contribution in [3.05, 3.63) is 11.5 Å². The van der Waals surface area contributed by atoms with E-state index in [-0.39, 0.29) is 6.54 Å². The van der Waals surface area contributed by atoms with Crippen molar-refractivity contribution >= 4 is 9.84 Å². The summed E-state index contributed by atoms with van der Waals surface area (Å²) in [6, 6.07) is 0. The topological polar surface area (TPSA) is 60.2 Å². The summed E-state index contributed by atoms with van der Waals surface area (Å²) < 4.78 is 20.5. The van der Waals surface area contributed by atoms with Gasteiger partial charge in [0.15, 0.2) is 9.84 Å². The molecule has 0 spiro atoms. The molecular formula is C4H9NO2S. The molecule has 0 unspecified atom stereocenters. The van der Waals surface area contributed by atoms with Crippen LogP contribution in [0.25, 0.3) is 0 Å². The molecule has 48 valence electrons. The molecule has 0 amide bonds. The first-order valence-corrected chi connectivity index (χ1v) is 4.08. The smallest absolute Gasteiger partial charge is 0.168 e. The van der Waals surface area contributed by atoms with E-state index in [0.29, 0.717) is 0 Å². The van der Waals surface area contributed by atoms with Gasteiger partial charge in [0.1, 0.15) is 0 Å². The standard InChI is InChI=1S/C4H9NO2S/c1-8(6,7)4-2-3-5/h2,4H,3,5H2,1H3/b4-2+. The number of hydrogen-bond donors (Lipinski definition) is 1. The molecule has 0 atom stereocenters. The molecule has 0 radical (unpaired) electrons. The summed E-state index contributed by atoms with van der Waals surface area (Å²) >= 11 is 0. The molecule has 0 heterocycles. The lowest BCUT2D eigenvalue weighted by molar-refractivity contribution is 0.610. The first-order chi connectivity index (χ1) is 3.56. The third-order valence-electron chi connectivity index (χ3n) is 0.480. The monoisotopic (exact) mass is 135 g/mol. The molecule has 3 nitrogen and oxygen atoms in total. The third kappa shape index (κ3) is 5.65. The summed E-state index contributed by atoms with van der Waals surface area (Å²) in [4.78, 5) is 0. The van der Waals surface area contributed by atoms with Crippen molar-refractivity contribution in [3.8, 4) is 0 Å². The number of nitrogens with two attached hydrogens (primary N) is 1. The minimum Gasteiger partial charge on any atom is -0.327 e.